The van der Waals surface area contributed by atoms with E-state index in [4.69, 9.17) is 9.47 Å². The largest absolute Gasteiger partial charge is 0.507 e. The number of rotatable bonds is 5. The van der Waals surface area contributed by atoms with E-state index in [9.17, 15) is 14.7 Å². The first-order valence-corrected chi connectivity index (χ1v) is 9.50. The van der Waals surface area contributed by atoms with Crippen molar-refractivity contribution in [2.45, 2.75) is 6.04 Å². The lowest BCUT2D eigenvalue weighted by molar-refractivity contribution is -0.857. The maximum absolute atomic E-state index is 12.9. The number of likely N-dealkylation sites (N-methyl/N-ethyl adjacent to an activating group) is 1. The number of quaternary nitrogens is 1. The normalized spacial score (nSPS) is 20.0. The number of benzene rings is 2. The first kappa shape index (κ1) is 19.0. The number of nitrogens with zero attached hydrogens (tertiary/aromatic N) is 1. The van der Waals surface area contributed by atoms with E-state index in [1.807, 2.05) is 20.2 Å². The lowest BCUT2D eigenvalue weighted by Gasteiger charge is -2.25. The van der Waals surface area contributed by atoms with Crippen LogP contribution in [0.5, 0.6) is 11.5 Å². The maximum Gasteiger partial charge on any atom is 0.295 e. The number of ether oxygens (including phenoxy) is 2. The van der Waals surface area contributed by atoms with Gasteiger partial charge in [-0.25, -0.2) is 0 Å². The van der Waals surface area contributed by atoms with E-state index >= 15 is 0 Å². The Labute approximate surface area is 168 Å². The van der Waals surface area contributed by atoms with Crippen LogP contribution in [0.3, 0.4) is 0 Å². The van der Waals surface area contributed by atoms with Crippen molar-refractivity contribution in [1.29, 1.82) is 0 Å². The van der Waals surface area contributed by atoms with Crippen molar-refractivity contribution in [3.8, 4) is 11.5 Å². The molecule has 1 amide bonds. The van der Waals surface area contributed by atoms with Crippen LogP contribution in [-0.4, -0.2) is 55.7 Å². The summed E-state index contributed by atoms with van der Waals surface area (Å²) in [6, 6.07) is 13.4. The van der Waals surface area contributed by atoms with Crippen LogP contribution < -0.4 is 14.4 Å². The Kier molecular flexibility index (Phi) is 4.98. The fraction of sp³-hybridized carbons (Fsp3) is 0.273. The molecule has 1 fully saturated rings. The number of likely N-dealkylation sites (tertiary alicyclic amines) is 1. The summed E-state index contributed by atoms with van der Waals surface area (Å²) in [5, 5.41) is 10.9. The van der Waals surface area contributed by atoms with Crippen LogP contribution >= 0.6 is 0 Å². The lowest BCUT2D eigenvalue weighted by Crippen LogP contribution is -3.06. The second-order valence-corrected chi connectivity index (χ2v) is 7.43. The molecular weight excluding hydrogens is 372 g/mol. The molecule has 2 aliphatic heterocycles. The van der Waals surface area contributed by atoms with Crippen LogP contribution in [0.2, 0.25) is 0 Å². The number of carbonyl (C=O) groups excluding carboxylic acids is 2. The number of nitrogens with one attached hydrogen (secondary N) is 1. The number of hydrogen-bond donors (Lipinski definition) is 2. The molecule has 0 aromatic heterocycles. The highest BCUT2D eigenvalue weighted by atomic mass is 16.7. The van der Waals surface area contributed by atoms with E-state index in [0.29, 0.717) is 35.7 Å². The van der Waals surface area contributed by atoms with Crippen LogP contribution in [0.15, 0.2) is 54.1 Å². The van der Waals surface area contributed by atoms with Crippen molar-refractivity contribution >= 4 is 17.4 Å². The van der Waals surface area contributed by atoms with Crippen molar-refractivity contribution in [3.63, 3.8) is 0 Å². The van der Waals surface area contributed by atoms with Gasteiger partial charge in [-0.1, -0.05) is 36.4 Å². The zero-order valence-electron chi connectivity index (χ0n) is 16.3. The van der Waals surface area contributed by atoms with Gasteiger partial charge in [0.15, 0.2) is 11.5 Å². The van der Waals surface area contributed by atoms with E-state index < -0.39 is 17.7 Å². The van der Waals surface area contributed by atoms with Crippen LogP contribution in [0.1, 0.15) is 17.2 Å². The van der Waals surface area contributed by atoms with Crippen molar-refractivity contribution in [2.75, 3.05) is 34.0 Å². The monoisotopic (exact) mass is 395 g/mol. The van der Waals surface area contributed by atoms with Crippen LogP contribution in [-0.2, 0) is 9.59 Å². The van der Waals surface area contributed by atoms with Gasteiger partial charge in [-0.2, -0.15) is 0 Å². The van der Waals surface area contributed by atoms with Gasteiger partial charge < -0.3 is 24.4 Å². The molecule has 29 heavy (non-hydrogen) atoms. The molecule has 0 aliphatic carbocycles. The standard InChI is InChI=1S/C22H22N2O5/c1-23(2)10-11-24-19(15-8-9-16-17(12-15)29-13-28-16)18(21(26)22(24)27)20(25)14-6-4-3-5-7-14/h3-9,12,19,25H,10-11,13H2,1-2H3/p+1/t19-/m1/s1. The van der Waals surface area contributed by atoms with Gasteiger partial charge in [0, 0.05) is 5.56 Å². The highest BCUT2D eigenvalue weighted by Crippen LogP contribution is 2.42. The third-order valence-electron chi connectivity index (χ3n) is 5.15. The number of carbonyl (C=O) groups is 2. The summed E-state index contributed by atoms with van der Waals surface area (Å²) in [6.45, 7) is 1.18. The van der Waals surface area contributed by atoms with Gasteiger partial charge in [-0.3, -0.25) is 9.59 Å². The van der Waals surface area contributed by atoms with Gasteiger partial charge in [-0.15, -0.1) is 0 Å². The molecule has 150 valence electrons. The van der Waals surface area contributed by atoms with Gasteiger partial charge in [0.25, 0.3) is 11.7 Å². The molecular formula is C22H23N2O5+. The summed E-state index contributed by atoms with van der Waals surface area (Å²) in [7, 11) is 3.96. The fourth-order valence-electron chi connectivity index (χ4n) is 3.64. The first-order chi connectivity index (χ1) is 14.0. The van der Waals surface area contributed by atoms with Gasteiger partial charge in [0.05, 0.1) is 38.8 Å². The van der Waals surface area contributed by atoms with E-state index in [0.717, 1.165) is 4.90 Å². The molecule has 2 N–H and O–H groups in total. The number of Topliss-reactive ketones (excluding diaryl/α,β-unsaturated/α-hetero) is 1. The lowest BCUT2D eigenvalue weighted by atomic mass is 9.95. The number of fused-ring (bicyclic) bond motifs is 1. The van der Waals surface area contributed by atoms with Crippen molar-refractivity contribution in [2.24, 2.45) is 0 Å². The second kappa shape index (κ2) is 7.60. The highest BCUT2D eigenvalue weighted by molar-refractivity contribution is 6.46. The molecule has 0 bridgehead atoms. The Morgan fingerprint density at radius 3 is 2.55 bits per heavy atom. The first-order valence-electron chi connectivity index (χ1n) is 9.50. The Morgan fingerprint density at radius 1 is 1.10 bits per heavy atom. The Hall–Kier alpha value is -3.32. The molecule has 0 unspecified atom stereocenters. The second-order valence-electron chi connectivity index (χ2n) is 7.43. The molecule has 0 saturated carbocycles. The summed E-state index contributed by atoms with van der Waals surface area (Å²) < 4.78 is 10.8. The Bertz CT molecular complexity index is 984. The maximum atomic E-state index is 12.9. The molecule has 2 heterocycles. The predicted octanol–water partition coefficient (Wildman–Crippen LogP) is 0.982. The SMILES string of the molecule is C[NH+](C)CCN1C(=O)C(=O)C(=C(O)c2ccccc2)[C@H]1c1ccc2c(c1)OCO2. The number of aliphatic hydroxyl groups excluding tert-OH is 1. The number of ketones is 1. The minimum atomic E-state index is -0.691. The number of amides is 1. The van der Waals surface area contributed by atoms with Crippen molar-refractivity contribution in [1.82, 2.24) is 4.90 Å². The third-order valence-corrected chi connectivity index (χ3v) is 5.15. The van der Waals surface area contributed by atoms with Crippen LogP contribution in [0.25, 0.3) is 5.76 Å². The van der Waals surface area contributed by atoms with E-state index in [2.05, 4.69) is 0 Å². The smallest absolute Gasteiger partial charge is 0.295 e. The van der Waals surface area contributed by atoms with Gasteiger partial charge in [0.2, 0.25) is 6.79 Å². The van der Waals surface area contributed by atoms with Crippen molar-refractivity contribution < 1.29 is 29.1 Å². The quantitative estimate of drug-likeness (QED) is 0.448. The predicted molar refractivity (Wildman–Crippen MR) is 106 cm³/mol. The summed E-state index contributed by atoms with van der Waals surface area (Å²) in [5.74, 6) is -0.280. The van der Waals surface area contributed by atoms with Crippen LogP contribution in [0.4, 0.5) is 0 Å². The molecule has 1 saturated heterocycles. The van der Waals surface area contributed by atoms with E-state index in [-0.39, 0.29) is 18.1 Å². The molecule has 7 nitrogen and oxygen atoms in total. The molecule has 0 spiro atoms. The van der Waals surface area contributed by atoms with Crippen LogP contribution in [0, 0.1) is 0 Å². The minimum Gasteiger partial charge on any atom is -0.507 e. The topological polar surface area (TPSA) is 80.5 Å². The van der Waals surface area contributed by atoms with Gasteiger partial charge >= 0.3 is 0 Å². The molecule has 0 radical (unpaired) electrons. The van der Waals surface area contributed by atoms with Gasteiger partial charge in [0.1, 0.15) is 5.76 Å². The minimum absolute atomic E-state index is 0.0915. The van der Waals surface area contributed by atoms with E-state index in [1.54, 1.807) is 42.5 Å². The fourth-order valence-corrected chi connectivity index (χ4v) is 3.64. The third kappa shape index (κ3) is 3.45. The molecule has 2 aromatic rings. The Morgan fingerprint density at radius 2 is 1.83 bits per heavy atom. The zero-order valence-corrected chi connectivity index (χ0v) is 16.3. The number of hydrogen-bond acceptors (Lipinski definition) is 5. The summed E-state index contributed by atoms with van der Waals surface area (Å²) >= 11 is 0. The summed E-state index contributed by atoms with van der Waals surface area (Å²) in [5.41, 5.74) is 1.28. The van der Waals surface area contributed by atoms with Gasteiger partial charge in [-0.05, 0) is 17.7 Å². The highest BCUT2D eigenvalue weighted by Gasteiger charge is 2.46. The molecule has 2 aromatic carbocycles. The summed E-state index contributed by atoms with van der Waals surface area (Å²) in [4.78, 5) is 28.4. The molecule has 1 atom stereocenters. The summed E-state index contributed by atoms with van der Waals surface area (Å²) in [6.07, 6.45) is 0. The molecule has 7 heteroatoms. The zero-order chi connectivity index (χ0) is 20.5. The Balaban J connectivity index is 1.84. The average Bonchev–Trinajstić information content (AvgIpc) is 3.29. The number of aliphatic hydroxyl groups is 1. The molecule has 4 rings (SSSR count). The van der Waals surface area contributed by atoms with E-state index in [1.165, 1.54) is 4.90 Å². The molecule has 2 aliphatic rings. The average molecular weight is 395 g/mol. The van der Waals surface area contributed by atoms with Crippen molar-refractivity contribution in [3.05, 3.63) is 65.2 Å².